The van der Waals surface area contributed by atoms with Gasteiger partial charge in [0.1, 0.15) is 0 Å². The average molecular weight is 192 g/mol. The van der Waals surface area contributed by atoms with Gasteiger partial charge in [0, 0.05) is 0 Å². The first-order valence-corrected chi connectivity index (χ1v) is 4.67. The highest BCUT2D eigenvalue weighted by atomic mass is 16.4. The molecule has 1 rings (SSSR count). The predicted molar refractivity (Wildman–Crippen MR) is 56.8 cm³/mol. The van der Waals surface area contributed by atoms with Crippen molar-refractivity contribution < 1.29 is 9.90 Å². The Bertz CT molecular complexity index is 359. The van der Waals surface area contributed by atoms with Crippen LogP contribution in [0.15, 0.2) is 18.2 Å². The molecule has 0 atom stereocenters. The average Bonchev–Trinajstić information content (AvgIpc) is 2.01. The summed E-state index contributed by atoms with van der Waals surface area (Å²) in [6.07, 6.45) is 0. The second-order valence-electron chi connectivity index (χ2n) is 4.60. The third-order valence-electron chi connectivity index (χ3n) is 2.21. The molecule has 0 saturated carbocycles. The van der Waals surface area contributed by atoms with E-state index in [1.54, 1.807) is 6.07 Å². The van der Waals surface area contributed by atoms with Crippen molar-refractivity contribution in [2.75, 3.05) is 0 Å². The van der Waals surface area contributed by atoms with Crippen molar-refractivity contribution in [3.05, 3.63) is 34.9 Å². The fraction of sp³-hybridized carbons (Fsp3) is 0.417. The molecule has 1 N–H and O–H groups in total. The molecule has 1 aromatic carbocycles. The van der Waals surface area contributed by atoms with Gasteiger partial charge in [-0.25, -0.2) is 4.79 Å². The van der Waals surface area contributed by atoms with Gasteiger partial charge >= 0.3 is 5.97 Å². The molecule has 0 unspecified atom stereocenters. The van der Waals surface area contributed by atoms with Crippen LogP contribution < -0.4 is 0 Å². The Labute approximate surface area is 84.6 Å². The van der Waals surface area contributed by atoms with Crippen LogP contribution in [0, 0.1) is 6.92 Å². The van der Waals surface area contributed by atoms with Crippen molar-refractivity contribution in [2.45, 2.75) is 33.1 Å². The largest absolute Gasteiger partial charge is 0.478 e. The zero-order valence-corrected chi connectivity index (χ0v) is 9.09. The maximum absolute atomic E-state index is 11.0. The smallest absolute Gasteiger partial charge is 0.335 e. The van der Waals surface area contributed by atoms with Gasteiger partial charge in [0.25, 0.3) is 0 Å². The third-order valence-corrected chi connectivity index (χ3v) is 2.21. The maximum atomic E-state index is 11.0. The molecule has 1 aromatic rings. The molecule has 0 radical (unpaired) electrons. The summed E-state index contributed by atoms with van der Waals surface area (Å²) in [5, 5.41) is 9.05. The molecule has 0 aliphatic carbocycles. The molecule has 76 valence electrons. The van der Waals surface area contributed by atoms with Crippen molar-refractivity contribution in [3.8, 4) is 0 Å². The number of carboxylic acids is 1. The number of rotatable bonds is 1. The van der Waals surface area contributed by atoms with Gasteiger partial charge in [-0.15, -0.1) is 0 Å². The highest BCUT2D eigenvalue weighted by Crippen LogP contribution is 2.26. The normalized spacial score (nSPS) is 11.4. The van der Waals surface area contributed by atoms with Crippen LogP contribution in [0.5, 0.6) is 0 Å². The standard InChI is InChI=1S/C12H16O2/c1-8-5-6-10(12(2,3)4)9(7-8)11(13)14/h5-7H,1-4H3,(H,13,14). The molecule has 0 aromatic heterocycles. The minimum atomic E-state index is -0.848. The highest BCUT2D eigenvalue weighted by molar-refractivity contribution is 5.90. The first-order valence-electron chi connectivity index (χ1n) is 4.67. The summed E-state index contributed by atoms with van der Waals surface area (Å²) in [4.78, 5) is 11.0. The van der Waals surface area contributed by atoms with E-state index in [-0.39, 0.29) is 5.41 Å². The van der Waals surface area contributed by atoms with Crippen LogP contribution in [0.3, 0.4) is 0 Å². The van der Waals surface area contributed by atoms with Crippen molar-refractivity contribution in [2.24, 2.45) is 0 Å². The van der Waals surface area contributed by atoms with Gasteiger partial charge in [0.05, 0.1) is 5.56 Å². The highest BCUT2D eigenvalue weighted by Gasteiger charge is 2.20. The minimum absolute atomic E-state index is 0.124. The lowest BCUT2D eigenvalue weighted by Crippen LogP contribution is -2.16. The van der Waals surface area contributed by atoms with Gasteiger partial charge in [-0.05, 0) is 24.0 Å². The molecule has 0 saturated heterocycles. The van der Waals surface area contributed by atoms with E-state index in [1.807, 2.05) is 39.8 Å². The molecule has 0 aliphatic heterocycles. The summed E-state index contributed by atoms with van der Waals surface area (Å²) in [6.45, 7) is 7.96. The van der Waals surface area contributed by atoms with E-state index < -0.39 is 5.97 Å². The number of carboxylic acid groups (broad SMARTS) is 1. The van der Waals surface area contributed by atoms with Crippen molar-refractivity contribution in [1.29, 1.82) is 0 Å². The molecule has 0 heterocycles. The Balaban J connectivity index is 3.37. The van der Waals surface area contributed by atoms with E-state index in [4.69, 9.17) is 5.11 Å². The Kier molecular flexibility index (Phi) is 2.65. The lowest BCUT2D eigenvalue weighted by Gasteiger charge is -2.21. The molecule has 2 heteroatoms. The molecule has 0 fully saturated rings. The number of benzene rings is 1. The van der Waals surface area contributed by atoms with Gasteiger partial charge in [-0.2, -0.15) is 0 Å². The quantitative estimate of drug-likeness (QED) is 0.742. The molecule has 0 spiro atoms. The topological polar surface area (TPSA) is 37.3 Å². The molecule has 14 heavy (non-hydrogen) atoms. The molecular weight excluding hydrogens is 176 g/mol. The molecule has 0 amide bonds. The van der Waals surface area contributed by atoms with Crippen LogP contribution in [0.25, 0.3) is 0 Å². The van der Waals surface area contributed by atoms with E-state index in [1.165, 1.54) is 0 Å². The number of aryl methyl sites for hydroxylation is 1. The van der Waals surface area contributed by atoms with Crippen LogP contribution >= 0.6 is 0 Å². The Hall–Kier alpha value is -1.31. The van der Waals surface area contributed by atoms with Gasteiger partial charge in [0.2, 0.25) is 0 Å². The zero-order chi connectivity index (χ0) is 10.9. The van der Waals surface area contributed by atoms with E-state index in [9.17, 15) is 4.79 Å². The van der Waals surface area contributed by atoms with Crippen LogP contribution in [0.1, 0.15) is 42.3 Å². The van der Waals surface area contributed by atoms with Gasteiger partial charge in [-0.1, -0.05) is 38.5 Å². The number of hydrogen-bond donors (Lipinski definition) is 1. The summed E-state index contributed by atoms with van der Waals surface area (Å²) in [5.41, 5.74) is 2.16. The number of aromatic carboxylic acids is 1. The van der Waals surface area contributed by atoms with Crippen LogP contribution in [0.4, 0.5) is 0 Å². The second kappa shape index (κ2) is 3.45. The van der Waals surface area contributed by atoms with Crippen LogP contribution in [0.2, 0.25) is 0 Å². The Morgan fingerprint density at radius 2 is 1.86 bits per heavy atom. The lowest BCUT2D eigenvalue weighted by atomic mass is 9.83. The third kappa shape index (κ3) is 2.13. The van der Waals surface area contributed by atoms with Gasteiger partial charge in [0.15, 0.2) is 0 Å². The first-order chi connectivity index (χ1) is 6.32. The predicted octanol–water partition coefficient (Wildman–Crippen LogP) is 2.99. The summed E-state index contributed by atoms with van der Waals surface area (Å²) in [5.74, 6) is -0.848. The van der Waals surface area contributed by atoms with Crippen molar-refractivity contribution in [1.82, 2.24) is 0 Å². The van der Waals surface area contributed by atoms with Gasteiger partial charge in [-0.3, -0.25) is 0 Å². The summed E-state index contributed by atoms with van der Waals surface area (Å²) < 4.78 is 0. The monoisotopic (exact) mass is 192 g/mol. The summed E-state index contributed by atoms with van der Waals surface area (Å²) >= 11 is 0. The van der Waals surface area contributed by atoms with Crippen molar-refractivity contribution >= 4 is 5.97 Å². The summed E-state index contributed by atoms with van der Waals surface area (Å²) in [6, 6.07) is 5.58. The van der Waals surface area contributed by atoms with Crippen molar-refractivity contribution in [3.63, 3.8) is 0 Å². The van der Waals surface area contributed by atoms with Gasteiger partial charge < -0.3 is 5.11 Å². The fourth-order valence-corrected chi connectivity index (χ4v) is 1.49. The first kappa shape index (κ1) is 10.8. The number of hydrogen-bond acceptors (Lipinski definition) is 1. The lowest BCUT2D eigenvalue weighted by molar-refractivity contribution is 0.0694. The Morgan fingerprint density at radius 1 is 1.29 bits per heavy atom. The molecular formula is C12H16O2. The second-order valence-corrected chi connectivity index (χ2v) is 4.60. The molecule has 0 bridgehead atoms. The van der Waals surface area contributed by atoms with Crippen LogP contribution in [-0.4, -0.2) is 11.1 Å². The minimum Gasteiger partial charge on any atom is -0.478 e. The Morgan fingerprint density at radius 3 is 2.29 bits per heavy atom. The summed E-state index contributed by atoms with van der Waals surface area (Å²) in [7, 11) is 0. The maximum Gasteiger partial charge on any atom is 0.335 e. The number of carbonyl (C=O) groups is 1. The van der Waals surface area contributed by atoms with Crippen LogP contribution in [-0.2, 0) is 5.41 Å². The molecule has 0 aliphatic rings. The molecule has 2 nitrogen and oxygen atoms in total. The zero-order valence-electron chi connectivity index (χ0n) is 9.09. The van der Waals surface area contributed by atoms with E-state index in [0.29, 0.717) is 5.56 Å². The van der Waals surface area contributed by atoms with E-state index in [2.05, 4.69) is 0 Å². The van der Waals surface area contributed by atoms with E-state index in [0.717, 1.165) is 11.1 Å². The SMILES string of the molecule is Cc1ccc(C(C)(C)C)c(C(=O)O)c1. The van der Waals surface area contributed by atoms with E-state index >= 15 is 0 Å². The fourth-order valence-electron chi connectivity index (χ4n) is 1.49.